The fourth-order valence-corrected chi connectivity index (χ4v) is 3.39. The van der Waals surface area contributed by atoms with Crippen molar-refractivity contribution in [3.8, 4) is 0 Å². The number of hydrogen-bond acceptors (Lipinski definition) is 6. The van der Waals surface area contributed by atoms with E-state index in [1.54, 1.807) is 32.9 Å². The summed E-state index contributed by atoms with van der Waals surface area (Å²) < 4.78 is 22.9. The van der Waals surface area contributed by atoms with Gasteiger partial charge in [-0.3, -0.25) is 14.7 Å². The van der Waals surface area contributed by atoms with Crippen LogP contribution in [0.15, 0.2) is 18.2 Å². The van der Waals surface area contributed by atoms with Gasteiger partial charge in [-0.2, -0.15) is 0 Å². The van der Waals surface area contributed by atoms with Gasteiger partial charge in [0, 0.05) is 11.6 Å². The first-order chi connectivity index (χ1) is 9.35. The van der Waals surface area contributed by atoms with Crippen molar-refractivity contribution in [2.75, 3.05) is 13.2 Å². The van der Waals surface area contributed by atoms with Gasteiger partial charge in [-0.15, -0.1) is 0 Å². The highest BCUT2D eigenvalue weighted by molar-refractivity contribution is 7.54. The van der Waals surface area contributed by atoms with Crippen LogP contribution in [0.3, 0.4) is 0 Å². The van der Waals surface area contributed by atoms with Gasteiger partial charge in [-0.25, -0.2) is 0 Å². The molecule has 0 aliphatic rings. The minimum Gasteiger partial charge on any atom is -0.314 e. The molecule has 0 aliphatic heterocycles. The third kappa shape index (κ3) is 3.64. The molecule has 1 aromatic rings. The van der Waals surface area contributed by atoms with Crippen LogP contribution in [0.2, 0.25) is 0 Å². The van der Waals surface area contributed by atoms with Crippen molar-refractivity contribution in [3.05, 3.63) is 39.4 Å². The normalized spacial score (nSPS) is 13.2. The number of nitrogens with two attached hydrogens (primary N) is 1. The molecule has 1 rings (SSSR count). The summed E-state index contributed by atoms with van der Waals surface area (Å²) in [4.78, 5) is 10.4. The Balaban J connectivity index is 3.18. The standard InChI is InChI=1S/C12H19N2O5P/c1-4-18-20(17,19-5-2)12(13)10-7-6-9(3)11(8-10)14(15)16/h6-8,12H,4-5,13H2,1-3H3/t12-/m1/s1. The molecule has 7 nitrogen and oxygen atoms in total. The Labute approximate surface area is 117 Å². The molecular weight excluding hydrogens is 283 g/mol. The third-order valence-corrected chi connectivity index (χ3v) is 4.95. The average Bonchev–Trinajstić information content (AvgIpc) is 2.38. The summed E-state index contributed by atoms with van der Waals surface area (Å²) in [6, 6.07) is 4.47. The smallest absolute Gasteiger partial charge is 0.314 e. The van der Waals surface area contributed by atoms with Gasteiger partial charge >= 0.3 is 7.60 Å². The van der Waals surface area contributed by atoms with Crippen molar-refractivity contribution in [3.63, 3.8) is 0 Å². The minimum absolute atomic E-state index is 0.0718. The van der Waals surface area contributed by atoms with Gasteiger partial charge in [0.05, 0.1) is 18.1 Å². The topological polar surface area (TPSA) is 105 Å². The second-order valence-corrected chi connectivity index (χ2v) is 6.28. The SMILES string of the molecule is CCOP(=O)(OCC)[C@@H](N)c1ccc(C)c([N+](=O)[O-])c1. The zero-order valence-electron chi connectivity index (χ0n) is 11.7. The Morgan fingerprint density at radius 1 is 1.35 bits per heavy atom. The van der Waals surface area contributed by atoms with Crippen molar-refractivity contribution >= 4 is 13.3 Å². The molecule has 20 heavy (non-hydrogen) atoms. The van der Waals surface area contributed by atoms with Crippen LogP contribution < -0.4 is 5.73 Å². The molecule has 0 unspecified atom stereocenters. The maximum atomic E-state index is 12.5. The van der Waals surface area contributed by atoms with E-state index in [4.69, 9.17) is 14.8 Å². The molecule has 1 aromatic carbocycles. The monoisotopic (exact) mass is 302 g/mol. The molecule has 0 bridgehead atoms. The zero-order valence-corrected chi connectivity index (χ0v) is 12.6. The number of aryl methyl sites for hydroxylation is 1. The van der Waals surface area contributed by atoms with E-state index < -0.39 is 18.3 Å². The predicted octanol–water partition coefficient (Wildman–Crippen LogP) is 3.13. The first kappa shape index (κ1) is 16.8. The van der Waals surface area contributed by atoms with E-state index in [1.807, 2.05) is 0 Å². The first-order valence-corrected chi connectivity index (χ1v) is 7.86. The van der Waals surface area contributed by atoms with Crippen LogP contribution in [0.1, 0.15) is 30.8 Å². The van der Waals surface area contributed by atoms with Gasteiger partial charge in [0.25, 0.3) is 5.69 Å². The second kappa shape index (κ2) is 6.95. The molecule has 8 heteroatoms. The van der Waals surface area contributed by atoms with Crippen LogP contribution in [0, 0.1) is 17.0 Å². The summed E-state index contributed by atoms with van der Waals surface area (Å²) in [6.45, 7) is 5.34. The Kier molecular flexibility index (Phi) is 5.83. The maximum Gasteiger partial charge on any atom is 0.351 e. The van der Waals surface area contributed by atoms with E-state index in [0.29, 0.717) is 11.1 Å². The van der Waals surface area contributed by atoms with E-state index in [-0.39, 0.29) is 18.9 Å². The molecule has 0 aromatic heterocycles. The molecule has 0 spiro atoms. The maximum absolute atomic E-state index is 12.5. The van der Waals surface area contributed by atoms with E-state index in [0.717, 1.165) is 0 Å². The van der Waals surface area contributed by atoms with Crippen LogP contribution in [0.25, 0.3) is 0 Å². The lowest BCUT2D eigenvalue weighted by Gasteiger charge is -2.23. The fraction of sp³-hybridized carbons (Fsp3) is 0.500. The highest BCUT2D eigenvalue weighted by atomic mass is 31.2. The summed E-state index contributed by atoms with van der Waals surface area (Å²) in [5, 5.41) is 10.9. The molecule has 0 aliphatic carbocycles. The lowest BCUT2D eigenvalue weighted by molar-refractivity contribution is -0.385. The van der Waals surface area contributed by atoms with Gasteiger partial charge in [0.15, 0.2) is 0 Å². The molecule has 1 atom stereocenters. The Hall–Kier alpha value is -1.27. The predicted molar refractivity (Wildman–Crippen MR) is 75.6 cm³/mol. The number of nitrogens with zero attached hydrogens (tertiary/aromatic N) is 1. The second-order valence-electron chi connectivity index (χ2n) is 4.12. The molecule has 112 valence electrons. The van der Waals surface area contributed by atoms with Gasteiger partial charge in [-0.05, 0) is 26.3 Å². The number of rotatable bonds is 7. The van der Waals surface area contributed by atoms with E-state index in [1.165, 1.54) is 6.07 Å². The summed E-state index contributed by atoms with van der Waals surface area (Å²) >= 11 is 0. The molecule has 0 heterocycles. The van der Waals surface area contributed by atoms with Gasteiger partial charge in [0.2, 0.25) is 0 Å². The van der Waals surface area contributed by atoms with E-state index in [2.05, 4.69) is 0 Å². The summed E-state index contributed by atoms with van der Waals surface area (Å²) in [7, 11) is -3.54. The van der Waals surface area contributed by atoms with Crippen molar-refractivity contribution < 1.29 is 18.5 Å². The fourth-order valence-electron chi connectivity index (χ4n) is 1.75. The van der Waals surface area contributed by atoms with Crippen molar-refractivity contribution in [2.24, 2.45) is 5.73 Å². The van der Waals surface area contributed by atoms with Gasteiger partial charge in [-0.1, -0.05) is 12.1 Å². The average molecular weight is 302 g/mol. The van der Waals surface area contributed by atoms with Crippen LogP contribution in [-0.2, 0) is 13.6 Å². The van der Waals surface area contributed by atoms with E-state index in [9.17, 15) is 14.7 Å². The van der Waals surface area contributed by atoms with Crippen molar-refractivity contribution in [1.82, 2.24) is 0 Å². The summed E-state index contributed by atoms with van der Waals surface area (Å²) in [6.07, 6.45) is 0. The molecule has 0 amide bonds. The lowest BCUT2D eigenvalue weighted by Crippen LogP contribution is -2.15. The molecule has 0 radical (unpaired) electrons. The van der Waals surface area contributed by atoms with Crippen molar-refractivity contribution in [2.45, 2.75) is 26.6 Å². The Morgan fingerprint density at radius 3 is 2.35 bits per heavy atom. The van der Waals surface area contributed by atoms with Crippen LogP contribution in [-0.4, -0.2) is 18.1 Å². The molecular formula is C12H19N2O5P. The third-order valence-electron chi connectivity index (χ3n) is 2.73. The number of nitro groups is 1. The largest absolute Gasteiger partial charge is 0.351 e. The van der Waals surface area contributed by atoms with Crippen LogP contribution >= 0.6 is 7.60 Å². The zero-order chi connectivity index (χ0) is 15.3. The summed E-state index contributed by atoms with van der Waals surface area (Å²) in [5.74, 6) is -1.05. The van der Waals surface area contributed by atoms with Crippen molar-refractivity contribution in [1.29, 1.82) is 0 Å². The molecule has 0 fully saturated rings. The highest BCUT2D eigenvalue weighted by Crippen LogP contribution is 2.58. The van der Waals surface area contributed by atoms with Crippen LogP contribution in [0.5, 0.6) is 0 Å². The number of hydrogen-bond donors (Lipinski definition) is 1. The number of benzene rings is 1. The van der Waals surface area contributed by atoms with Gasteiger partial charge in [0.1, 0.15) is 5.78 Å². The minimum atomic E-state index is -3.54. The molecule has 2 N–H and O–H groups in total. The Morgan fingerprint density at radius 2 is 1.90 bits per heavy atom. The Bertz CT molecular complexity index is 525. The summed E-state index contributed by atoms with van der Waals surface area (Å²) in [5.41, 5.74) is 6.72. The highest BCUT2D eigenvalue weighted by Gasteiger charge is 2.34. The quantitative estimate of drug-likeness (QED) is 0.471. The molecule has 0 saturated heterocycles. The van der Waals surface area contributed by atoms with Crippen LogP contribution in [0.4, 0.5) is 5.69 Å². The van der Waals surface area contributed by atoms with Gasteiger partial charge < -0.3 is 14.8 Å². The number of nitro benzene ring substituents is 1. The lowest BCUT2D eigenvalue weighted by atomic mass is 10.1. The first-order valence-electron chi connectivity index (χ1n) is 6.25. The molecule has 0 saturated carbocycles. The van der Waals surface area contributed by atoms with E-state index >= 15 is 0 Å².